The Morgan fingerprint density at radius 1 is 1.33 bits per heavy atom. The van der Waals surface area contributed by atoms with Crippen molar-refractivity contribution >= 4 is 16.9 Å². The zero-order chi connectivity index (χ0) is 14.8. The van der Waals surface area contributed by atoms with Crippen molar-refractivity contribution in [3.8, 4) is 0 Å². The number of hydrogen-bond acceptors (Lipinski definition) is 5. The summed E-state index contributed by atoms with van der Waals surface area (Å²) in [6.45, 7) is 9.78. The number of fused-ring (bicyclic) bond motifs is 1. The Bertz CT molecular complexity index is 640. The molecule has 0 spiro atoms. The third-order valence-corrected chi connectivity index (χ3v) is 4.08. The number of pyridine rings is 1. The van der Waals surface area contributed by atoms with Gasteiger partial charge < -0.3 is 10.2 Å². The molecule has 1 N–H and O–H groups in total. The number of nitrogens with one attached hydrogen (secondary N) is 1. The molecular weight excluding hydrogens is 262 g/mol. The summed E-state index contributed by atoms with van der Waals surface area (Å²) in [5.41, 5.74) is 2.97. The Labute approximate surface area is 125 Å². The molecule has 1 aliphatic rings. The van der Waals surface area contributed by atoms with Crippen molar-refractivity contribution in [3.05, 3.63) is 23.7 Å². The molecule has 2 aromatic heterocycles. The van der Waals surface area contributed by atoms with Crippen molar-refractivity contribution in [1.29, 1.82) is 0 Å². The van der Waals surface area contributed by atoms with E-state index in [0.717, 1.165) is 29.1 Å². The van der Waals surface area contributed by atoms with Crippen LogP contribution in [-0.4, -0.2) is 45.5 Å². The first-order valence-electron chi connectivity index (χ1n) is 7.75. The van der Waals surface area contributed by atoms with Crippen LogP contribution in [0.15, 0.2) is 12.4 Å². The zero-order valence-corrected chi connectivity index (χ0v) is 13.1. The van der Waals surface area contributed by atoms with E-state index in [4.69, 9.17) is 0 Å². The highest BCUT2D eigenvalue weighted by molar-refractivity contribution is 5.89. The van der Waals surface area contributed by atoms with E-state index in [2.05, 4.69) is 45.1 Å². The fourth-order valence-electron chi connectivity index (χ4n) is 3.18. The van der Waals surface area contributed by atoms with Crippen LogP contribution < -0.4 is 5.32 Å². The summed E-state index contributed by atoms with van der Waals surface area (Å²) in [5.74, 6) is 0.924. The first kappa shape index (κ1) is 14.2. The number of likely N-dealkylation sites (tertiary alicyclic amines) is 1. The van der Waals surface area contributed by atoms with Crippen molar-refractivity contribution in [3.63, 3.8) is 0 Å². The molecule has 0 aromatic carbocycles. The molecule has 3 rings (SSSR count). The minimum Gasteiger partial charge on any atom is -0.365 e. The van der Waals surface area contributed by atoms with Gasteiger partial charge in [0.25, 0.3) is 0 Å². The van der Waals surface area contributed by atoms with Crippen LogP contribution in [0.5, 0.6) is 0 Å². The third-order valence-electron chi connectivity index (χ3n) is 4.08. The molecule has 1 saturated heterocycles. The highest BCUT2D eigenvalue weighted by Gasteiger charge is 2.22. The van der Waals surface area contributed by atoms with Crippen LogP contribution in [0.3, 0.4) is 0 Å². The summed E-state index contributed by atoms with van der Waals surface area (Å²) in [6, 6.07) is 2.56. The molecule has 2 aromatic rings. The Hall–Kier alpha value is -1.75. The van der Waals surface area contributed by atoms with Gasteiger partial charge in [0.2, 0.25) is 0 Å². The molecular formula is C16H23N5. The third kappa shape index (κ3) is 2.97. The standard InChI is InChI=1S/C16H23N5/c1-4-6-21-7-5-13(9-21)20-16-14-11(2)8-12(3)19-15(14)17-10-18-16/h8,10,13H,4-7,9H2,1-3H3,(H,17,18,19,20)/t13-/m1/s1. The Morgan fingerprint density at radius 3 is 3.00 bits per heavy atom. The first-order valence-corrected chi connectivity index (χ1v) is 7.75. The summed E-state index contributed by atoms with van der Waals surface area (Å²) < 4.78 is 0. The summed E-state index contributed by atoms with van der Waals surface area (Å²) in [5, 5.41) is 4.65. The lowest BCUT2D eigenvalue weighted by molar-refractivity contribution is 0.337. The van der Waals surface area contributed by atoms with Crippen molar-refractivity contribution < 1.29 is 0 Å². The molecule has 1 fully saturated rings. The van der Waals surface area contributed by atoms with Gasteiger partial charge in [-0.05, 0) is 44.9 Å². The number of hydrogen-bond donors (Lipinski definition) is 1. The van der Waals surface area contributed by atoms with E-state index in [0.29, 0.717) is 6.04 Å². The lowest BCUT2D eigenvalue weighted by atomic mass is 10.1. The number of aromatic nitrogens is 3. The number of aryl methyl sites for hydroxylation is 2. The van der Waals surface area contributed by atoms with Crippen molar-refractivity contribution in [1.82, 2.24) is 19.9 Å². The van der Waals surface area contributed by atoms with Crippen LogP contribution in [0, 0.1) is 13.8 Å². The smallest absolute Gasteiger partial charge is 0.165 e. The average Bonchev–Trinajstić information content (AvgIpc) is 2.86. The highest BCUT2D eigenvalue weighted by Crippen LogP contribution is 2.24. The first-order chi connectivity index (χ1) is 10.2. The van der Waals surface area contributed by atoms with Crippen molar-refractivity contribution in [2.24, 2.45) is 0 Å². The van der Waals surface area contributed by atoms with Gasteiger partial charge in [-0.25, -0.2) is 15.0 Å². The molecule has 112 valence electrons. The van der Waals surface area contributed by atoms with Crippen LogP contribution in [0.1, 0.15) is 31.0 Å². The quantitative estimate of drug-likeness (QED) is 0.935. The predicted molar refractivity (Wildman–Crippen MR) is 85.6 cm³/mol. The molecule has 5 heteroatoms. The topological polar surface area (TPSA) is 53.9 Å². The Morgan fingerprint density at radius 2 is 2.19 bits per heavy atom. The minimum absolute atomic E-state index is 0.468. The molecule has 1 aliphatic heterocycles. The van der Waals surface area contributed by atoms with Crippen LogP contribution >= 0.6 is 0 Å². The molecule has 5 nitrogen and oxygen atoms in total. The van der Waals surface area contributed by atoms with Crippen molar-refractivity contribution in [2.75, 3.05) is 25.0 Å². The van der Waals surface area contributed by atoms with Crippen LogP contribution in [0.25, 0.3) is 11.0 Å². The maximum atomic E-state index is 4.51. The van der Waals surface area contributed by atoms with E-state index >= 15 is 0 Å². The van der Waals surface area contributed by atoms with Crippen molar-refractivity contribution in [2.45, 2.75) is 39.7 Å². The number of rotatable bonds is 4. The van der Waals surface area contributed by atoms with E-state index in [1.807, 2.05) is 6.92 Å². The van der Waals surface area contributed by atoms with Gasteiger partial charge in [-0.3, -0.25) is 0 Å². The zero-order valence-electron chi connectivity index (χ0n) is 13.1. The molecule has 0 unspecified atom stereocenters. The predicted octanol–water partition coefficient (Wildman–Crippen LogP) is 2.54. The molecule has 0 aliphatic carbocycles. The molecule has 0 saturated carbocycles. The molecule has 0 bridgehead atoms. The van der Waals surface area contributed by atoms with E-state index in [9.17, 15) is 0 Å². The minimum atomic E-state index is 0.468. The van der Waals surface area contributed by atoms with Crippen LogP contribution in [0.2, 0.25) is 0 Å². The van der Waals surface area contributed by atoms with Crippen LogP contribution in [0.4, 0.5) is 5.82 Å². The van der Waals surface area contributed by atoms with Gasteiger partial charge >= 0.3 is 0 Å². The Balaban J connectivity index is 1.85. The fourth-order valence-corrected chi connectivity index (χ4v) is 3.18. The molecule has 3 heterocycles. The molecule has 0 radical (unpaired) electrons. The maximum Gasteiger partial charge on any atom is 0.165 e. The van der Waals surface area contributed by atoms with E-state index in [-0.39, 0.29) is 0 Å². The van der Waals surface area contributed by atoms with E-state index < -0.39 is 0 Å². The highest BCUT2D eigenvalue weighted by atomic mass is 15.2. The maximum absolute atomic E-state index is 4.51. The second kappa shape index (κ2) is 5.93. The molecule has 21 heavy (non-hydrogen) atoms. The van der Waals surface area contributed by atoms with Gasteiger partial charge in [0.1, 0.15) is 12.1 Å². The molecule has 1 atom stereocenters. The SMILES string of the molecule is CCCN1CC[C@@H](Nc2ncnc3nc(C)cc(C)c23)C1. The summed E-state index contributed by atoms with van der Waals surface area (Å²) in [4.78, 5) is 15.8. The Kier molecular flexibility index (Phi) is 4.01. The van der Waals surface area contributed by atoms with Gasteiger partial charge in [-0.15, -0.1) is 0 Å². The second-order valence-electron chi connectivity index (χ2n) is 5.93. The van der Waals surface area contributed by atoms with E-state index in [1.165, 1.54) is 31.5 Å². The van der Waals surface area contributed by atoms with Gasteiger partial charge in [0.05, 0.1) is 5.39 Å². The van der Waals surface area contributed by atoms with Gasteiger partial charge in [0, 0.05) is 24.8 Å². The van der Waals surface area contributed by atoms with Gasteiger partial charge in [0.15, 0.2) is 5.65 Å². The fraction of sp³-hybridized carbons (Fsp3) is 0.562. The summed E-state index contributed by atoms with van der Waals surface area (Å²) in [7, 11) is 0. The number of nitrogens with zero attached hydrogens (tertiary/aromatic N) is 4. The summed E-state index contributed by atoms with van der Waals surface area (Å²) >= 11 is 0. The largest absolute Gasteiger partial charge is 0.365 e. The van der Waals surface area contributed by atoms with Gasteiger partial charge in [-0.2, -0.15) is 0 Å². The molecule has 0 amide bonds. The monoisotopic (exact) mass is 285 g/mol. The second-order valence-corrected chi connectivity index (χ2v) is 5.93. The van der Waals surface area contributed by atoms with E-state index in [1.54, 1.807) is 6.33 Å². The average molecular weight is 285 g/mol. The van der Waals surface area contributed by atoms with Crippen LogP contribution in [-0.2, 0) is 0 Å². The number of anilines is 1. The summed E-state index contributed by atoms with van der Waals surface area (Å²) in [6.07, 6.45) is 3.99. The van der Waals surface area contributed by atoms with Gasteiger partial charge in [-0.1, -0.05) is 6.92 Å². The normalized spacial score (nSPS) is 19.3. The lowest BCUT2D eigenvalue weighted by Crippen LogP contribution is -2.27. The lowest BCUT2D eigenvalue weighted by Gasteiger charge is -2.17.